The highest BCUT2D eigenvalue weighted by molar-refractivity contribution is 6.31. The lowest BCUT2D eigenvalue weighted by molar-refractivity contribution is -0.116. The fourth-order valence-electron chi connectivity index (χ4n) is 2.33. The van der Waals surface area contributed by atoms with Crippen LogP contribution in [0.3, 0.4) is 0 Å². The first-order valence-electron chi connectivity index (χ1n) is 7.57. The summed E-state index contributed by atoms with van der Waals surface area (Å²) in [5, 5.41) is 3.12. The molecule has 0 bridgehead atoms. The zero-order valence-electron chi connectivity index (χ0n) is 13.9. The number of rotatable bonds is 6. The molecule has 0 saturated carbocycles. The fourth-order valence-corrected chi connectivity index (χ4v) is 2.50. The number of ether oxygens (including phenoxy) is 1. The molecule has 0 unspecified atom stereocenters. The number of carbonyl (C=O) groups excluding carboxylic acids is 2. The molecular formula is C18H18ClFN2O3. The average Bonchev–Trinajstić information content (AvgIpc) is 2.58. The molecule has 25 heavy (non-hydrogen) atoms. The number of amides is 2. The van der Waals surface area contributed by atoms with Crippen LogP contribution in [-0.4, -0.2) is 32.0 Å². The number of methoxy groups -OCH3 is 1. The highest BCUT2D eigenvalue weighted by atomic mass is 35.5. The normalized spacial score (nSPS) is 10.2. The van der Waals surface area contributed by atoms with Crippen LogP contribution in [0.4, 0.5) is 10.1 Å². The van der Waals surface area contributed by atoms with Crippen molar-refractivity contribution in [2.24, 2.45) is 0 Å². The predicted octanol–water partition coefficient (Wildman–Crippen LogP) is 3.27. The summed E-state index contributed by atoms with van der Waals surface area (Å²) in [6.07, 6.45) is 0. The van der Waals surface area contributed by atoms with Crippen LogP contribution in [-0.2, 0) is 4.79 Å². The van der Waals surface area contributed by atoms with Crippen molar-refractivity contribution in [1.82, 2.24) is 5.32 Å². The molecule has 2 rings (SSSR count). The molecule has 2 amide bonds. The second kappa shape index (κ2) is 8.48. The number of benzene rings is 2. The van der Waals surface area contributed by atoms with Crippen molar-refractivity contribution in [3.05, 3.63) is 58.9 Å². The van der Waals surface area contributed by atoms with Crippen LogP contribution in [0.25, 0.3) is 0 Å². The van der Waals surface area contributed by atoms with E-state index in [1.54, 1.807) is 18.2 Å². The van der Waals surface area contributed by atoms with Gasteiger partial charge in [0.25, 0.3) is 5.91 Å². The summed E-state index contributed by atoms with van der Waals surface area (Å²) < 4.78 is 18.4. The van der Waals surface area contributed by atoms with Crippen LogP contribution in [0.5, 0.6) is 5.75 Å². The summed E-state index contributed by atoms with van der Waals surface area (Å²) in [7, 11) is 1.50. The molecule has 0 spiro atoms. The van der Waals surface area contributed by atoms with Gasteiger partial charge in [-0.15, -0.1) is 0 Å². The predicted molar refractivity (Wildman–Crippen MR) is 94.8 cm³/mol. The van der Waals surface area contributed by atoms with Gasteiger partial charge in [0.1, 0.15) is 11.6 Å². The Balaban J connectivity index is 2.07. The van der Waals surface area contributed by atoms with E-state index in [0.29, 0.717) is 16.5 Å². The minimum atomic E-state index is -0.485. The Hall–Kier alpha value is -2.60. The largest absolute Gasteiger partial charge is 0.495 e. The minimum Gasteiger partial charge on any atom is -0.495 e. The number of nitrogens with zero attached hydrogens (tertiary/aromatic N) is 1. The Kier molecular flexibility index (Phi) is 6.36. The second-order valence-corrected chi connectivity index (χ2v) is 5.69. The van der Waals surface area contributed by atoms with Gasteiger partial charge in [-0.25, -0.2) is 4.39 Å². The highest BCUT2D eigenvalue weighted by Crippen LogP contribution is 2.31. The molecule has 0 atom stereocenters. The highest BCUT2D eigenvalue weighted by Gasteiger charge is 2.17. The van der Waals surface area contributed by atoms with Crippen molar-refractivity contribution < 1.29 is 18.7 Å². The van der Waals surface area contributed by atoms with E-state index in [1.165, 1.54) is 37.1 Å². The van der Waals surface area contributed by atoms with Gasteiger partial charge in [0.2, 0.25) is 5.91 Å². The first kappa shape index (κ1) is 18.7. The van der Waals surface area contributed by atoms with E-state index in [0.717, 1.165) is 6.07 Å². The van der Waals surface area contributed by atoms with Crippen LogP contribution < -0.4 is 15.0 Å². The third kappa shape index (κ3) is 4.93. The van der Waals surface area contributed by atoms with Gasteiger partial charge in [-0.3, -0.25) is 9.59 Å². The first-order chi connectivity index (χ1) is 11.9. The maximum atomic E-state index is 13.2. The molecule has 2 aromatic carbocycles. The van der Waals surface area contributed by atoms with E-state index in [1.807, 2.05) is 0 Å². The van der Waals surface area contributed by atoms with Gasteiger partial charge in [-0.2, -0.15) is 0 Å². The van der Waals surface area contributed by atoms with Crippen LogP contribution in [0.1, 0.15) is 17.3 Å². The molecule has 7 heteroatoms. The lowest BCUT2D eigenvalue weighted by atomic mass is 10.2. The van der Waals surface area contributed by atoms with Crippen molar-refractivity contribution >= 4 is 29.1 Å². The number of hydrogen-bond acceptors (Lipinski definition) is 3. The van der Waals surface area contributed by atoms with Crippen molar-refractivity contribution in [3.63, 3.8) is 0 Å². The maximum Gasteiger partial charge on any atom is 0.251 e. The Morgan fingerprint density at radius 2 is 2.00 bits per heavy atom. The maximum absolute atomic E-state index is 13.2. The van der Waals surface area contributed by atoms with Crippen molar-refractivity contribution in [1.29, 1.82) is 0 Å². The molecule has 1 N–H and O–H groups in total. The number of anilines is 1. The third-order valence-corrected chi connectivity index (χ3v) is 3.75. The van der Waals surface area contributed by atoms with Gasteiger partial charge in [0, 0.05) is 30.6 Å². The monoisotopic (exact) mass is 364 g/mol. The SMILES string of the molecule is COc1ccc(Cl)cc1N(CCNC(=O)c1cccc(F)c1)C(C)=O. The summed E-state index contributed by atoms with van der Waals surface area (Å²) >= 11 is 6.00. The van der Waals surface area contributed by atoms with E-state index < -0.39 is 11.7 Å². The quantitative estimate of drug-likeness (QED) is 0.855. The van der Waals surface area contributed by atoms with Crippen LogP contribution >= 0.6 is 11.6 Å². The standard InChI is InChI=1S/C18H18ClFN2O3/c1-12(23)22(16-11-14(19)6-7-17(16)25-2)9-8-21-18(24)13-4-3-5-15(20)10-13/h3-7,10-11H,8-9H2,1-2H3,(H,21,24). The number of halogens is 2. The first-order valence-corrected chi connectivity index (χ1v) is 7.95. The molecular weight excluding hydrogens is 347 g/mol. The van der Waals surface area contributed by atoms with Crippen LogP contribution in [0.2, 0.25) is 5.02 Å². The Morgan fingerprint density at radius 1 is 1.24 bits per heavy atom. The molecule has 0 aromatic heterocycles. The van der Waals surface area contributed by atoms with Gasteiger partial charge in [0.05, 0.1) is 12.8 Å². The number of hydrogen-bond donors (Lipinski definition) is 1. The summed E-state index contributed by atoms with van der Waals surface area (Å²) in [6, 6.07) is 10.3. The van der Waals surface area contributed by atoms with E-state index in [4.69, 9.17) is 16.3 Å². The summed E-state index contributed by atoms with van der Waals surface area (Å²) in [4.78, 5) is 25.5. The van der Waals surface area contributed by atoms with Gasteiger partial charge >= 0.3 is 0 Å². The zero-order valence-corrected chi connectivity index (χ0v) is 14.6. The molecule has 132 valence electrons. The average molecular weight is 365 g/mol. The fraction of sp³-hybridized carbons (Fsp3) is 0.222. The summed E-state index contributed by atoms with van der Waals surface area (Å²) in [6.45, 7) is 1.81. The smallest absolute Gasteiger partial charge is 0.251 e. The lowest BCUT2D eigenvalue weighted by Crippen LogP contribution is -2.37. The number of carbonyl (C=O) groups is 2. The van der Waals surface area contributed by atoms with Crippen molar-refractivity contribution in [2.45, 2.75) is 6.92 Å². The Morgan fingerprint density at radius 3 is 2.64 bits per heavy atom. The van der Waals surface area contributed by atoms with Gasteiger partial charge in [0.15, 0.2) is 0 Å². The lowest BCUT2D eigenvalue weighted by Gasteiger charge is -2.23. The molecule has 2 aromatic rings. The van der Waals surface area contributed by atoms with E-state index in [9.17, 15) is 14.0 Å². The van der Waals surface area contributed by atoms with E-state index >= 15 is 0 Å². The molecule has 0 radical (unpaired) electrons. The van der Waals surface area contributed by atoms with E-state index in [-0.39, 0.29) is 24.6 Å². The molecule has 0 fully saturated rings. The third-order valence-electron chi connectivity index (χ3n) is 3.52. The zero-order chi connectivity index (χ0) is 18.4. The van der Waals surface area contributed by atoms with Crippen LogP contribution in [0.15, 0.2) is 42.5 Å². The van der Waals surface area contributed by atoms with E-state index in [2.05, 4.69) is 5.32 Å². The molecule has 0 heterocycles. The molecule has 0 aliphatic rings. The summed E-state index contributed by atoms with van der Waals surface area (Å²) in [5.74, 6) is -0.626. The van der Waals surface area contributed by atoms with Crippen molar-refractivity contribution in [2.75, 3.05) is 25.1 Å². The Labute approximate surface area is 150 Å². The molecule has 0 aliphatic carbocycles. The summed E-state index contributed by atoms with van der Waals surface area (Å²) in [5.41, 5.74) is 0.734. The number of nitrogens with one attached hydrogen (secondary N) is 1. The van der Waals surface area contributed by atoms with Gasteiger partial charge < -0.3 is 15.0 Å². The van der Waals surface area contributed by atoms with Gasteiger partial charge in [-0.05, 0) is 36.4 Å². The minimum absolute atomic E-state index is 0.185. The molecule has 5 nitrogen and oxygen atoms in total. The molecule has 0 saturated heterocycles. The second-order valence-electron chi connectivity index (χ2n) is 5.25. The van der Waals surface area contributed by atoms with Gasteiger partial charge in [-0.1, -0.05) is 17.7 Å². The Bertz CT molecular complexity index is 783. The molecule has 0 aliphatic heterocycles. The van der Waals surface area contributed by atoms with Crippen molar-refractivity contribution in [3.8, 4) is 5.75 Å². The van der Waals surface area contributed by atoms with Crippen LogP contribution in [0, 0.1) is 5.82 Å². The topological polar surface area (TPSA) is 58.6 Å².